The maximum atomic E-state index is 13.9. The number of hydrogen-bond acceptors (Lipinski definition) is 8. The lowest BCUT2D eigenvalue weighted by Gasteiger charge is -2.30. The van der Waals surface area contributed by atoms with Crippen LogP contribution >= 0.6 is 0 Å². The van der Waals surface area contributed by atoms with Gasteiger partial charge in [0, 0.05) is 24.7 Å². The number of benzene rings is 3. The molecule has 0 fully saturated rings. The molecule has 3 aromatic carbocycles. The summed E-state index contributed by atoms with van der Waals surface area (Å²) in [5.41, 5.74) is 2.00. The fraction of sp³-hybridized carbons (Fsp3) is 0.450. The molecule has 1 unspecified atom stereocenters. The molecule has 0 radical (unpaired) electrons. The second-order valence-corrected chi connectivity index (χ2v) is 13.8. The Balaban J connectivity index is 1.77. The van der Waals surface area contributed by atoms with Gasteiger partial charge in [-0.1, -0.05) is 74.5 Å². The van der Waals surface area contributed by atoms with Crippen molar-refractivity contribution in [2.45, 2.75) is 59.1 Å². The molecule has 0 saturated heterocycles. The quantitative estimate of drug-likeness (QED) is 0.135. The number of nitrogens with zero attached hydrogens (tertiary/aromatic N) is 2. The van der Waals surface area contributed by atoms with Crippen molar-refractivity contribution in [3.63, 3.8) is 0 Å². The van der Waals surface area contributed by atoms with Crippen molar-refractivity contribution in [1.82, 2.24) is 20.4 Å². The number of ether oxygens (including phenoxy) is 3. The zero-order valence-corrected chi connectivity index (χ0v) is 31.1. The second kappa shape index (κ2) is 20.1. The van der Waals surface area contributed by atoms with Gasteiger partial charge in [0.25, 0.3) is 0 Å². The number of amides is 3. The Kier molecular flexibility index (Phi) is 16.0. The van der Waals surface area contributed by atoms with Crippen LogP contribution in [0.1, 0.15) is 63.8 Å². The summed E-state index contributed by atoms with van der Waals surface area (Å²) in [6.07, 6.45) is 0.655. The average molecular weight is 703 g/mol. The van der Waals surface area contributed by atoms with Crippen LogP contribution in [-0.4, -0.2) is 92.6 Å². The molecule has 51 heavy (non-hydrogen) atoms. The van der Waals surface area contributed by atoms with Crippen LogP contribution in [0.5, 0.6) is 11.5 Å². The van der Waals surface area contributed by atoms with Gasteiger partial charge in [0.2, 0.25) is 17.7 Å². The third kappa shape index (κ3) is 14.1. The van der Waals surface area contributed by atoms with Gasteiger partial charge in [-0.05, 0) is 62.9 Å². The third-order valence-electron chi connectivity index (χ3n) is 7.86. The minimum absolute atomic E-state index is 0.00505. The van der Waals surface area contributed by atoms with Crippen LogP contribution in [0.15, 0.2) is 78.9 Å². The van der Waals surface area contributed by atoms with Crippen LogP contribution in [0, 0.1) is 5.92 Å². The van der Waals surface area contributed by atoms with Crippen molar-refractivity contribution < 1.29 is 33.4 Å². The minimum Gasteiger partial charge on any atom is -0.497 e. The van der Waals surface area contributed by atoms with Crippen molar-refractivity contribution in [1.29, 1.82) is 0 Å². The molecule has 276 valence electrons. The molecule has 0 spiro atoms. The van der Waals surface area contributed by atoms with E-state index in [1.807, 2.05) is 80.6 Å². The van der Waals surface area contributed by atoms with Crippen molar-refractivity contribution in [3.05, 3.63) is 95.6 Å². The molecule has 11 heteroatoms. The average Bonchev–Trinajstić information content (AvgIpc) is 3.10. The smallest absolute Gasteiger partial charge is 0.308 e. The van der Waals surface area contributed by atoms with Crippen LogP contribution < -0.4 is 20.1 Å². The minimum atomic E-state index is -0.685. The summed E-state index contributed by atoms with van der Waals surface area (Å²) in [6, 6.07) is 24.2. The molecule has 2 N–H and O–H groups in total. The largest absolute Gasteiger partial charge is 0.497 e. The summed E-state index contributed by atoms with van der Waals surface area (Å²) in [4.78, 5) is 56.5. The van der Waals surface area contributed by atoms with Gasteiger partial charge in [-0.15, -0.1) is 0 Å². The van der Waals surface area contributed by atoms with Gasteiger partial charge in [0.15, 0.2) is 0 Å². The molecule has 0 aliphatic carbocycles. The molecular formula is C40H54N4O7. The number of nitrogens with one attached hydrogen (secondary N) is 2. The zero-order chi connectivity index (χ0) is 37.4. The standard InChI is InChI=1S/C40H54N4O7/c1-29(2)26-44(27-35(45)42-39(31-16-12-9-13-17-31)33-19-18-32(49-6)24-34(33)50-7)37(47)28-43(23-21-38(48)51-40(3,4)5)36(46)25-41-22-20-30-14-10-8-11-15-30/h8-19,24,29,39,41H,20-23,25-28H2,1-7H3,(H,42,45). The molecule has 3 rings (SSSR count). The first-order valence-corrected chi connectivity index (χ1v) is 17.4. The van der Waals surface area contributed by atoms with Crippen LogP contribution in [0.2, 0.25) is 0 Å². The van der Waals surface area contributed by atoms with E-state index in [-0.39, 0.29) is 56.9 Å². The lowest BCUT2D eigenvalue weighted by atomic mass is 9.97. The summed E-state index contributed by atoms with van der Waals surface area (Å²) in [7, 11) is 3.12. The first kappa shape index (κ1) is 40.5. The number of hydrogen-bond donors (Lipinski definition) is 2. The van der Waals surface area contributed by atoms with Gasteiger partial charge >= 0.3 is 5.97 Å². The number of carbonyl (C=O) groups is 4. The van der Waals surface area contributed by atoms with Crippen LogP contribution in [0.3, 0.4) is 0 Å². The fourth-order valence-corrected chi connectivity index (χ4v) is 5.48. The summed E-state index contributed by atoms with van der Waals surface area (Å²) in [6.45, 7) is 9.53. The molecule has 0 saturated carbocycles. The molecule has 3 amide bonds. The highest BCUT2D eigenvalue weighted by Gasteiger charge is 2.27. The predicted octanol–water partition coefficient (Wildman–Crippen LogP) is 4.79. The van der Waals surface area contributed by atoms with Crippen molar-refractivity contribution >= 4 is 23.7 Å². The van der Waals surface area contributed by atoms with Gasteiger partial charge in [-0.2, -0.15) is 0 Å². The highest BCUT2D eigenvalue weighted by Crippen LogP contribution is 2.33. The molecule has 0 aliphatic heterocycles. The van der Waals surface area contributed by atoms with E-state index in [2.05, 4.69) is 10.6 Å². The molecule has 3 aromatic rings. The Bertz CT molecular complexity index is 1560. The lowest BCUT2D eigenvalue weighted by Crippen LogP contribution is -2.49. The summed E-state index contributed by atoms with van der Waals surface area (Å²) in [5, 5.41) is 6.26. The van der Waals surface area contributed by atoms with Crippen molar-refractivity contribution in [2.24, 2.45) is 5.92 Å². The number of carbonyl (C=O) groups excluding carboxylic acids is 4. The summed E-state index contributed by atoms with van der Waals surface area (Å²) >= 11 is 0. The Morgan fingerprint density at radius 3 is 2.08 bits per heavy atom. The molecule has 11 nitrogen and oxygen atoms in total. The first-order chi connectivity index (χ1) is 24.3. The van der Waals surface area contributed by atoms with Crippen LogP contribution in [-0.2, 0) is 30.3 Å². The van der Waals surface area contributed by atoms with E-state index in [1.54, 1.807) is 47.1 Å². The summed E-state index contributed by atoms with van der Waals surface area (Å²) < 4.78 is 16.5. The van der Waals surface area contributed by atoms with Crippen LogP contribution in [0.25, 0.3) is 0 Å². The van der Waals surface area contributed by atoms with Crippen LogP contribution in [0.4, 0.5) is 0 Å². The molecule has 0 aromatic heterocycles. The van der Waals surface area contributed by atoms with E-state index >= 15 is 0 Å². The molecule has 1 atom stereocenters. The van der Waals surface area contributed by atoms with E-state index in [1.165, 1.54) is 9.80 Å². The maximum absolute atomic E-state index is 13.9. The van der Waals surface area contributed by atoms with Gasteiger partial charge in [0.1, 0.15) is 17.1 Å². The maximum Gasteiger partial charge on any atom is 0.308 e. The van der Waals surface area contributed by atoms with E-state index in [4.69, 9.17) is 14.2 Å². The monoisotopic (exact) mass is 702 g/mol. The first-order valence-electron chi connectivity index (χ1n) is 17.4. The summed E-state index contributed by atoms with van der Waals surface area (Å²) in [5.74, 6) is -0.397. The highest BCUT2D eigenvalue weighted by molar-refractivity contribution is 5.89. The Hall–Kier alpha value is -4.90. The predicted molar refractivity (Wildman–Crippen MR) is 197 cm³/mol. The Morgan fingerprint density at radius 1 is 0.804 bits per heavy atom. The van der Waals surface area contributed by atoms with E-state index in [0.717, 1.165) is 23.1 Å². The van der Waals surface area contributed by atoms with Crippen molar-refractivity contribution in [2.75, 3.05) is 53.5 Å². The SMILES string of the molecule is COc1ccc(C(NC(=O)CN(CC(C)C)C(=O)CN(CCC(=O)OC(C)(C)C)C(=O)CNCCc2ccccc2)c2ccccc2)c(OC)c1. The molecule has 0 heterocycles. The normalized spacial score (nSPS) is 11.8. The van der Waals surface area contributed by atoms with Gasteiger partial charge in [0.05, 0.1) is 46.3 Å². The van der Waals surface area contributed by atoms with Gasteiger partial charge in [-0.3, -0.25) is 19.2 Å². The topological polar surface area (TPSA) is 127 Å². The third-order valence-corrected chi connectivity index (χ3v) is 7.86. The van der Waals surface area contributed by atoms with Crippen molar-refractivity contribution in [3.8, 4) is 11.5 Å². The number of methoxy groups -OCH3 is 2. The molecule has 0 bridgehead atoms. The second-order valence-electron chi connectivity index (χ2n) is 13.8. The molecular weight excluding hydrogens is 648 g/mol. The van der Waals surface area contributed by atoms with E-state index in [9.17, 15) is 19.2 Å². The molecule has 0 aliphatic rings. The van der Waals surface area contributed by atoms with E-state index < -0.39 is 23.5 Å². The Morgan fingerprint density at radius 2 is 1.47 bits per heavy atom. The van der Waals surface area contributed by atoms with Gasteiger partial charge in [-0.25, -0.2) is 0 Å². The van der Waals surface area contributed by atoms with Gasteiger partial charge < -0.3 is 34.6 Å². The lowest BCUT2D eigenvalue weighted by molar-refractivity contribution is -0.156. The fourth-order valence-electron chi connectivity index (χ4n) is 5.48. The van der Waals surface area contributed by atoms with E-state index in [0.29, 0.717) is 18.0 Å². The zero-order valence-electron chi connectivity index (χ0n) is 31.1. The highest BCUT2D eigenvalue weighted by atomic mass is 16.6. The Labute approximate surface area is 302 Å². The number of esters is 1. The number of rotatable bonds is 19.